The predicted molar refractivity (Wildman–Crippen MR) is 87.7 cm³/mol. The van der Waals surface area contributed by atoms with Gasteiger partial charge in [0, 0.05) is 31.9 Å². The Bertz CT molecular complexity index is 600. The molecule has 1 aliphatic rings. The lowest BCUT2D eigenvalue weighted by Gasteiger charge is -2.18. The Hall–Kier alpha value is -1.58. The Morgan fingerprint density at radius 3 is 2.95 bits per heavy atom. The molecule has 1 aromatic heterocycles. The van der Waals surface area contributed by atoms with E-state index in [1.165, 1.54) is 5.56 Å². The Labute approximate surface area is 131 Å². The maximum atomic E-state index is 6.15. The van der Waals surface area contributed by atoms with Crippen molar-refractivity contribution in [1.82, 2.24) is 9.88 Å². The maximum Gasteiger partial charge on any atom is 0.152 e. The maximum absolute atomic E-state index is 6.15. The van der Waals surface area contributed by atoms with E-state index in [2.05, 4.69) is 51.6 Å². The molecule has 1 N–H and O–H groups in total. The van der Waals surface area contributed by atoms with E-state index in [4.69, 9.17) is 11.6 Å². The molecule has 110 valence electrons. The highest BCUT2D eigenvalue weighted by atomic mass is 35.5. The number of aryl methyl sites for hydroxylation is 1. The number of benzene rings is 1. The van der Waals surface area contributed by atoms with Crippen molar-refractivity contribution in [2.45, 2.75) is 25.9 Å². The van der Waals surface area contributed by atoms with Crippen molar-refractivity contribution >= 4 is 17.3 Å². The van der Waals surface area contributed by atoms with Gasteiger partial charge < -0.3 is 5.32 Å². The van der Waals surface area contributed by atoms with E-state index in [1.54, 1.807) is 6.20 Å². The van der Waals surface area contributed by atoms with Gasteiger partial charge in [-0.2, -0.15) is 0 Å². The summed E-state index contributed by atoms with van der Waals surface area (Å²) in [5.41, 5.74) is 3.44. The first-order valence-corrected chi connectivity index (χ1v) is 7.73. The minimum atomic E-state index is 0.440. The van der Waals surface area contributed by atoms with E-state index in [-0.39, 0.29) is 0 Å². The molecule has 0 spiro atoms. The van der Waals surface area contributed by atoms with E-state index in [0.717, 1.165) is 37.3 Å². The van der Waals surface area contributed by atoms with Crippen molar-refractivity contribution < 1.29 is 0 Å². The van der Waals surface area contributed by atoms with Gasteiger partial charge in [0.2, 0.25) is 0 Å². The van der Waals surface area contributed by atoms with Crippen LogP contribution >= 0.6 is 11.6 Å². The first-order chi connectivity index (χ1) is 10.2. The van der Waals surface area contributed by atoms with E-state index >= 15 is 0 Å². The van der Waals surface area contributed by atoms with Crippen molar-refractivity contribution in [3.05, 3.63) is 58.9 Å². The van der Waals surface area contributed by atoms with E-state index < -0.39 is 0 Å². The average Bonchev–Trinajstić information content (AvgIpc) is 2.91. The van der Waals surface area contributed by atoms with Crippen LogP contribution in [0, 0.1) is 6.92 Å². The normalized spacial score (nSPS) is 18.9. The Morgan fingerprint density at radius 1 is 1.33 bits per heavy atom. The van der Waals surface area contributed by atoms with Gasteiger partial charge in [-0.15, -0.1) is 0 Å². The number of pyridine rings is 1. The number of aromatic nitrogens is 1. The largest absolute Gasteiger partial charge is 0.378 e. The summed E-state index contributed by atoms with van der Waals surface area (Å²) in [4.78, 5) is 6.67. The zero-order valence-electron chi connectivity index (χ0n) is 12.2. The number of anilines is 1. The number of likely N-dealkylation sites (tertiary alicyclic amines) is 1. The quantitative estimate of drug-likeness (QED) is 0.872. The van der Waals surface area contributed by atoms with Crippen LogP contribution in [-0.4, -0.2) is 29.0 Å². The first-order valence-electron chi connectivity index (χ1n) is 7.35. The topological polar surface area (TPSA) is 28.2 Å². The second kappa shape index (κ2) is 6.46. The van der Waals surface area contributed by atoms with Crippen LogP contribution in [0.4, 0.5) is 5.69 Å². The van der Waals surface area contributed by atoms with Gasteiger partial charge in [-0.3, -0.25) is 4.90 Å². The highest BCUT2D eigenvalue weighted by Gasteiger charge is 2.22. The number of rotatable bonds is 4. The number of halogens is 1. The van der Waals surface area contributed by atoms with Crippen LogP contribution in [0.2, 0.25) is 5.15 Å². The highest BCUT2D eigenvalue weighted by molar-refractivity contribution is 6.31. The summed E-state index contributed by atoms with van der Waals surface area (Å²) in [6.07, 6.45) is 2.93. The number of nitrogens with zero attached hydrogens (tertiary/aromatic N) is 2. The summed E-state index contributed by atoms with van der Waals surface area (Å²) < 4.78 is 0. The van der Waals surface area contributed by atoms with Gasteiger partial charge in [-0.1, -0.05) is 41.9 Å². The summed E-state index contributed by atoms with van der Waals surface area (Å²) >= 11 is 6.15. The third kappa shape index (κ3) is 3.74. The van der Waals surface area contributed by atoms with Crippen LogP contribution in [0.5, 0.6) is 0 Å². The van der Waals surface area contributed by atoms with Crippen molar-refractivity contribution in [3.8, 4) is 0 Å². The first kappa shape index (κ1) is 14.4. The van der Waals surface area contributed by atoms with Crippen molar-refractivity contribution in [1.29, 1.82) is 0 Å². The van der Waals surface area contributed by atoms with Gasteiger partial charge in [-0.05, 0) is 30.5 Å². The number of hydrogen-bond donors (Lipinski definition) is 1. The van der Waals surface area contributed by atoms with Crippen LogP contribution in [-0.2, 0) is 6.54 Å². The van der Waals surface area contributed by atoms with Gasteiger partial charge in [0.25, 0.3) is 0 Å². The van der Waals surface area contributed by atoms with Crippen LogP contribution < -0.4 is 5.32 Å². The smallest absolute Gasteiger partial charge is 0.152 e. The molecule has 3 rings (SSSR count). The van der Waals surface area contributed by atoms with Crippen molar-refractivity contribution in [2.24, 2.45) is 0 Å². The molecular weight excluding hydrogens is 282 g/mol. The molecule has 0 radical (unpaired) electrons. The molecule has 1 aliphatic heterocycles. The molecule has 1 atom stereocenters. The fraction of sp³-hybridized carbons (Fsp3) is 0.353. The molecule has 2 heterocycles. The monoisotopic (exact) mass is 301 g/mol. The van der Waals surface area contributed by atoms with Crippen LogP contribution in [0.25, 0.3) is 0 Å². The minimum absolute atomic E-state index is 0.440. The Kier molecular flexibility index (Phi) is 4.42. The average molecular weight is 302 g/mol. The van der Waals surface area contributed by atoms with Gasteiger partial charge >= 0.3 is 0 Å². The molecule has 1 saturated heterocycles. The molecule has 0 aliphatic carbocycles. The van der Waals surface area contributed by atoms with E-state index in [0.29, 0.717) is 11.2 Å². The Morgan fingerprint density at radius 2 is 2.14 bits per heavy atom. The summed E-state index contributed by atoms with van der Waals surface area (Å²) in [6.45, 7) is 5.20. The molecule has 3 nitrogen and oxygen atoms in total. The van der Waals surface area contributed by atoms with Crippen LogP contribution in [0.1, 0.15) is 17.5 Å². The van der Waals surface area contributed by atoms with Gasteiger partial charge in [0.05, 0.1) is 5.69 Å². The van der Waals surface area contributed by atoms with Crippen LogP contribution in [0.15, 0.2) is 42.6 Å². The second-order valence-corrected chi connectivity index (χ2v) is 6.06. The molecule has 1 fully saturated rings. The summed E-state index contributed by atoms with van der Waals surface area (Å²) in [5.74, 6) is 0. The molecule has 4 heteroatoms. The van der Waals surface area contributed by atoms with Crippen molar-refractivity contribution in [3.63, 3.8) is 0 Å². The van der Waals surface area contributed by atoms with Gasteiger partial charge in [0.1, 0.15) is 0 Å². The van der Waals surface area contributed by atoms with Gasteiger partial charge in [0.15, 0.2) is 5.15 Å². The van der Waals surface area contributed by atoms with Gasteiger partial charge in [-0.25, -0.2) is 4.98 Å². The minimum Gasteiger partial charge on any atom is -0.378 e. The third-order valence-corrected chi connectivity index (χ3v) is 4.16. The SMILES string of the molecule is Cc1cnc(Cl)c(NC2CCN(Cc3ccccc3)C2)c1. The van der Waals surface area contributed by atoms with Crippen LogP contribution in [0.3, 0.4) is 0 Å². The molecule has 0 bridgehead atoms. The van der Waals surface area contributed by atoms with E-state index in [9.17, 15) is 0 Å². The fourth-order valence-electron chi connectivity index (χ4n) is 2.81. The highest BCUT2D eigenvalue weighted by Crippen LogP contribution is 2.23. The van der Waals surface area contributed by atoms with E-state index in [1.807, 2.05) is 6.92 Å². The zero-order valence-corrected chi connectivity index (χ0v) is 13.0. The predicted octanol–water partition coefficient (Wildman–Crippen LogP) is 3.73. The molecular formula is C17H20ClN3. The van der Waals surface area contributed by atoms with Crippen molar-refractivity contribution in [2.75, 3.05) is 18.4 Å². The summed E-state index contributed by atoms with van der Waals surface area (Å²) in [5, 5.41) is 4.09. The Balaban J connectivity index is 1.58. The third-order valence-electron chi connectivity index (χ3n) is 3.86. The molecule has 1 unspecified atom stereocenters. The molecule has 21 heavy (non-hydrogen) atoms. The molecule has 0 saturated carbocycles. The standard InChI is InChI=1S/C17H20ClN3/c1-13-9-16(17(18)19-10-13)20-15-7-8-21(12-15)11-14-5-3-2-4-6-14/h2-6,9-10,15,20H,7-8,11-12H2,1H3. The fourth-order valence-corrected chi connectivity index (χ4v) is 2.97. The summed E-state index contributed by atoms with van der Waals surface area (Å²) in [7, 11) is 0. The molecule has 2 aromatic rings. The lowest BCUT2D eigenvalue weighted by Crippen LogP contribution is -2.26. The summed E-state index contributed by atoms with van der Waals surface area (Å²) in [6, 6.07) is 13.1. The molecule has 0 amide bonds. The molecule has 1 aromatic carbocycles. The zero-order chi connectivity index (χ0) is 14.7. The lowest BCUT2D eigenvalue weighted by molar-refractivity contribution is 0.328. The number of nitrogens with one attached hydrogen (secondary N) is 1. The number of hydrogen-bond acceptors (Lipinski definition) is 3. The second-order valence-electron chi connectivity index (χ2n) is 5.70. The lowest BCUT2D eigenvalue weighted by atomic mass is 10.2.